The van der Waals surface area contributed by atoms with Crippen LogP contribution in [0.15, 0.2) is 60.7 Å². The van der Waals surface area contributed by atoms with Gasteiger partial charge in [0.05, 0.1) is 30.2 Å². The van der Waals surface area contributed by atoms with E-state index in [2.05, 4.69) is 40.2 Å². The number of nitrogens with zero attached hydrogens (tertiary/aromatic N) is 2. The van der Waals surface area contributed by atoms with Crippen LogP contribution in [0.4, 0.5) is 5.69 Å². The van der Waals surface area contributed by atoms with Crippen molar-refractivity contribution in [2.45, 2.75) is 13.8 Å². The second kappa shape index (κ2) is 9.42. The van der Waals surface area contributed by atoms with Crippen LogP contribution in [0.3, 0.4) is 0 Å². The number of hydrazine groups is 1. The van der Waals surface area contributed by atoms with Gasteiger partial charge in [-0.15, -0.1) is 0 Å². The molecule has 1 fully saturated rings. The SMILES string of the molecule is C/C=C(/C=C(/C(N)=O)c1[nH]c2ccc(N(C)N3CCOCC3)cc2c1C)c1ccccc1. The highest BCUT2D eigenvalue weighted by atomic mass is 16.5. The zero-order valence-electron chi connectivity index (χ0n) is 18.9. The van der Waals surface area contributed by atoms with Crippen molar-refractivity contribution in [2.75, 3.05) is 38.4 Å². The van der Waals surface area contributed by atoms with Crippen molar-refractivity contribution >= 4 is 33.6 Å². The number of hydrogen-bond acceptors (Lipinski definition) is 4. The molecule has 0 aliphatic carbocycles. The summed E-state index contributed by atoms with van der Waals surface area (Å²) < 4.78 is 5.47. The van der Waals surface area contributed by atoms with Gasteiger partial charge in [0.15, 0.2) is 0 Å². The minimum atomic E-state index is -0.458. The zero-order chi connectivity index (χ0) is 22.7. The summed E-state index contributed by atoms with van der Waals surface area (Å²) in [6.07, 6.45) is 3.86. The fraction of sp³-hybridized carbons (Fsp3) is 0.269. The average molecular weight is 431 g/mol. The van der Waals surface area contributed by atoms with Crippen LogP contribution < -0.4 is 10.7 Å². The van der Waals surface area contributed by atoms with Crippen molar-refractivity contribution in [3.05, 3.63) is 77.5 Å². The Hall–Kier alpha value is -3.35. The van der Waals surface area contributed by atoms with E-state index >= 15 is 0 Å². The Morgan fingerprint density at radius 1 is 1.16 bits per heavy atom. The smallest absolute Gasteiger partial charge is 0.250 e. The standard InChI is InChI=1S/C26H30N4O2/c1-4-19(20-8-6-5-7-9-20)16-23(26(27)31)25-18(2)22-17-21(10-11-24(22)28-25)29(3)30-12-14-32-15-13-30/h4-11,16-17,28H,12-15H2,1-3H3,(H2,27,31)/b19-4-,23-16+. The van der Waals surface area contributed by atoms with Crippen molar-refractivity contribution in [1.29, 1.82) is 0 Å². The molecule has 3 N–H and O–H groups in total. The van der Waals surface area contributed by atoms with E-state index in [1.165, 1.54) is 0 Å². The fourth-order valence-corrected chi connectivity index (χ4v) is 4.19. The third-order valence-electron chi connectivity index (χ3n) is 6.08. The van der Waals surface area contributed by atoms with Crippen molar-refractivity contribution in [3.63, 3.8) is 0 Å². The molecular formula is C26H30N4O2. The molecule has 0 spiro atoms. The molecule has 0 bridgehead atoms. The van der Waals surface area contributed by atoms with Gasteiger partial charge in [-0.05, 0) is 54.8 Å². The first kappa shape index (κ1) is 21.9. The van der Waals surface area contributed by atoms with Crippen LogP contribution in [0, 0.1) is 6.92 Å². The Kier molecular flexibility index (Phi) is 6.44. The molecule has 6 heteroatoms. The number of aromatic amines is 1. The van der Waals surface area contributed by atoms with Crippen molar-refractivity contribution in [1.82, 2.24) is 9.99 Å². The van der Waals surface area contributed by atoms with Crippen molar-refractivity contribution in [3.8, 4) is 0 Å². The number of carbonyl (C=O) groups is 1. The number of anilines is 1. The zero-order valence-corrected chi connectivity index (χ0v) is 18.9. The molecular weight excluding hydrogens is 400 g/mol. The van der Waals surface area contributed by atoms with Gasteiger partial charge in [0.1, 0.15) is 0 Å². The molecule has 2 aromatic carbocycles. The molecule has 32 heavy (non-hydrogen) atoms. The number of nitrogens with one attached hydrogen (secondary N) is 1. The summed E-state index contributed by atoms with van der Waals surface area (Å²) in [4.78, 5) is 15.9. The largest absolute Gasteiger partial charge is 0.379 e. The number of aromatic nitrogens is 1. The Bertz CT molecular complexity index is 1170. The molecule has 1 aliphatic rings. The monoisotopic (exact) mass is 430 g/mol. The highest BCUT2D eigenvalue weighted by Crippen LogP contribution is 2.32. The maximum absolute atomic E-state index is 12.5. The number of benzene rings is 2. The summed E-state index contributed by atoms with van der Waals surface area (Å²) in [6.45, 7) is 7.20. The van der Waals surface area contributed by atoms with Crippen molar-refractivity contribution < 1.29 is 9.53 Å². The predicted molar refractivity (Wildman–Crippen MR) is 131 cm³/mol. The molecule has 1 saturated heterocycles. The quantitative estimate of drug-likeness (QED) is 0.455. The van der Waals surface area contributed by atoms with Gasteiger partial charge in [0, 0.05) is 31.0 Å². The Balaban J connectivity index is 1.74. The fourth-order valence-electron chi connectivity index (χ4n) is 4.19. The van der Waals surface area contributed by atoms with Crippen LogP contribution in [-0.2, 0) is 9.53 Å². The van der Waals surface area contributed by atoms with E-state index in [4.69, 9.17) is 10.5 Å². The summed E-state index contributed by atoms with van der Waals surface area (Å²) in [7, 11) is 2.07. The van der Waals surface area contributed by atoms with E-state index in [9.17, 15) is 4.79 Å². The van der Waals surface area contributed by atoms with Crippen LogP contribution in [0.25, 0.3) is 22.0 Å². The number of hydrogen-bond donors (Lipinski definition) is 2. The molecule has 1 aliphatic heterocycles. The van der Waals surface area contributed by atoms with Gasteiger partial charge < -0.3 is 20.5 Å². The lowest BCUT2D eigenvalue weighted by Gasteiger charge is -2.36. The van der Waals surface area contributed by atoms with Crippen molar-refractivity contribution in [2.24, 2.45) is 5.73 Å². The van der Waals surface area contributed by atoms with Gasteiger partial charge in [-0.2, -0.15) is 0 Å². The lowest BCUT2D eigenvalue weighted by molar-refractivity contribution is -0.112. The first-order valence-electron chi connectivity index (χ1n) is 10.9. The Labute approximate surface area is 188 Å². The van der Waals surface area contributed by atoms with Crippen LogP contribution in [0.5, 0.6) is 0 Å². The number of allylic oxidation sites excluding steroid dienone is 3. The number of H-pyrrole nitrogens is 1. The molecule has 0 radical (unpaired) electrons. The van der Waals surface area contributed by atoms with Gasteiger partial charge in [0.2, 0.25) is 0 Å². The van der Waals surface area contributed by atoms with E-state index in [0.717, 1.165) is 65.3 Å². The molecule has 0 saturated carbocycles. The molecule has 6 nitrogen and oxygen atoms in total. The summed E-state index contributed by atoms with van der Waals surface area (Å²) in [6, 6.07) is 16.3. The number of ether oxygens (including phenoxy) is 1. The maximum Gasteiger partial charge on any atom is 0.250 e. The average Bonchev–Trinajstić information content (AvgIpc) is 3.15. The number of aryl methyl sites for hydroxylation is 1. The number of nitrogens with two attached hydrogens (primary N) is 1. The van der Waals surface area contributed by atoms with Gasteiger partial charge in [-0.3, -0.25) is 4.79 Å². The van der Waals surface area contributed by atoms with E-state index in [-0.39, 0.29) is 0 Å². The molecule has 166 valence electrons. The number of carbonyl (C=O) groups excluding carboxylic acids is 1. The van der Waals surface area contributed by atoms with Crippen LogP contribution in [-0.4, -0.2) is 49.3 Å². The minimum absolute atomic E-state index is 0.458. The molecule has 4 rings (SSSR count). The third kappa shape index (κ3) is 4.33. The lowest BCUT2D eigenvalue weighted by Crippen LogP contribution is -2.47. The number of amides is 1. The number of primary amides is 1. The van der Waals surface area contributed by atoms with E-state index in [1.54, 1.807) is 0 Å². The van der Waals surface area contributed by atoms with E-state index in [0.29, 0.717) is 5.57 Å². The first-order valence-corrected chi connectivity index (χ1v) is 10.9. The number of rotatable bonds is 6. The van der Waals surface area contributed by atoms with Crippen LogP contribution in [0.1, 0.15) is 23.7 Å². The number of fused-ring (bicyclic) bond motifs is 1. The molecule has 0 atom stereocenters. The second-order valence-corrected chi connectivity index (χ2v) is 7.98. The number of morpholine rings is 1. The summed E-state index contributed by atoms with van der Waals surface area (Å²) in [5, 5.41) is 5.53. The van der Waals surface area contributed by atoms with E-state index < -0.39 is 5.91 Å². The van der Waals surface area contributed by atoms with Gasteiger partial charge in [0.25, 0.3) is 5.91 Å². The summed E-state index contributed by atoms with van der Waals surface area (Å²) >= 11 is 0. The summed E-state index contributed by atoms with van der Waals surface area (Å²) in [5.74, 6) is -0.458. The van der Waals surface area contributed by atoms with Crippen LogP contribution in [0.2, 0.25) is 0 Å². The van der Waals surface area contributed by atoms with Gasteiger partial charge in [-0.1, -0.05) is 36.4 Å². The molecule has 3 aromatic rings. The molecule has 1 aromatic heterocycles. The first-order chi connectivity index (χ1) is 15.5. The molecule has 1 amide bonds. The Morgan fingerprint density at radius 2 is 1.88 bits per heavy atom. The third-order valence-corrected chi connectivity index (χ3v) is 6.08. The highest BCUT2D eigenvalue weighted by molar-refractivity contribution is 6.21. The minimum Gasteiger partial charge on any atom is -0.379 e. The predicted octanol–water partition coefficient (Wildman–Crippen LogP) is 4.13. The summed E-state index contributed by atoms with van der Waals surface area (Å²) in [5.41, 5.74) is 12.1. The molecule has 0 unspecified atom stereocenters. The van der Waals surface area contributed by atoms with Gasteiger partial charge in [-0.25, -0.2) is 5.01 Å². The lowest BCUT2D eigenvalue weighted by atomic mass is 9.99. The Morgan fingerprint density at radius 3 is 2.53 bits per heavy atom. The van der Waals surface area contributed by atoms with E-state index in [1.807, 2.05) is 56.3 Å². The normalized spacial score (nSPS) is 15.8. The van der Waals surface area contributed by atoms with Gasteiger partial charge >= 0.3 is 0 Å². The topological polar surface area (TPSA) is 74.6 Å². The van der Waals surface area contributed by atoms with Crippen LogP contribution >= 0.6 is 0 Å². The maximum atomic E-state index is 12.5. The second-order valence-electron chi connectivity index (χ2n) is 7.98. The molecule has 2 heterocycles. The highest BCUT2D eigenvalue weighted by Gasteiger charge is 2.19.